The molecule has 1 N–H and O–H groups in total. The summed E-state index contributed by atoms with van der Waals surface area (Å²) in [4.78, 5) is 0. The van der Waals surface area contributed by atoms with Gasteiger partial charge in [-0.1, -0.05) is 18.2 Å². The van der Waals surface area contributed by atoms with Crippen LogP contribution >= 0.6 is 0 Å². The van der Waals surface area contributed by atoms with E-state index >= 15 is 0 Å². The number of aromatic hydroxyl groups is 1. The van der Waals surface area contributed by atoms with Gasteiger partial charge >= 0.3 is 0 Å². The van der Waals surface area contributed by atoms with E-state index in [2.05, 4.69) is 6.07 Å². The molecule has 0 amide bonds. The Kier molecular flexibility index (Phi) is 4.71. The molecule has 20 heavy (non-hydrogen) atoms. The Balaban J connectivity index is 2.09. The van der Waals surface area contributed by atoms with Crippen LogP contribution in [0.15, 0.2) is 36.4 Å². The molecule has 4 heteroatoms. The maximum atomic E-state index is 9.54. The lowest BCUT2D eigenvalue weighted by Gasteiger charge is -2.12. The van der Waals surface area contributed by atoms with E-state index in [-0.39, 0.29) is 5.75 Å². The molecular weight excluding hydrogens is 256 g/mol. The molecule has 0 unspecified atom stereocenters. The number of para-hydroxylation sites is 1. The lowest BCUT2D eigenvalue weighted by Crippen LogP contribution is -2.00. The standard InChI is InChI=1S/C16H17O4/c1-3-19-14-6-4-5-7-15(14)20-11-12-8-9-13(17)16(10-12)18-2/h4-6,8-10,17H,3,11H2,1-2H3. The van der Waals surface area contributed by atoms with Crippen molar-refractivity contribution < 1.29 is 19.3 Å². The van der Waals surface area contributed by atoms with Crippen molar-refractivity contribution in [2.45, 2.75) is 13.5 Å². The summed E-state index contributed by atoms with van der Waals surface area (Å²) >= 11 is 0. The first-order valence-corrected chi connectivity index (χ1v) is 6.36. The highest BCUT2D eigenvalue weighted by Crippen LogP contribution is 2.29. The molecule has 0 atom stereocenters. The normalized spacial score (nSPS) is 10.1. The van der Waals surface area contributed by atoms with Crippen LogP contribution in [-0.4, -0.2) is 18.8 Å². The number of hydrogen-bond donors (Lipinski definition) is 1. The SMILES string of the molecule is CCOc1ccc[c]c1OCc1ccc(O)c(OC)c1. The summed E-state index contributed by atoms with van der Waals surface area (Å²) in [5.41, 5.74) is 0.888. The van der Waals surface area contributed by atoms with Gasteiger partial charge in [-0.25, -0.2) is 0 Å². The van der Waals surface area contributed by atoms with Gasteiger partial charge in [-0.15, -0.1) is 0 Å². The van der Waals surface area contributed by atoms with Crippen LogP contribution in [0.4, 0.5) is 0 Å². The fourth-order valence-corrected chi connectivity index (χ4v) is 1.76. The number of hydrogen-bond acceptors (Lipinski definition) is 4. The van der Waals surface area contributed by atoms with Crippen molar-refractivity contribution >= 4 is 0 Å². The van der Waals surface area contributed by atoms with Crippen molar-refractivity contribution in [3.8, 4) is 23.0 Å². The molecule has 0 saturated heterocycles. The van der Waals surface area contributed by atoms with E-state index in [1.807, 2.05) is 19.1 Å². The van der Waals surface area contributed by atoms with Gasteiger partial charge in [-0.2, -0.15) is 0 Å². The second-order valence-corrected chi connectivity index (χ2v) is 4.09. The topological polar surface area (TPSA) is 47.9 Å². The minimum absolute atomic E-state index is 0.109. The second kappa shape index (κ2) is 6.70. The minimum atomic E-state index is 0.109. The summed E-state index contributed by atoms with van der Waals surface area (Å²) in [5, 5.41) is 9.54. The van der Waals surface area contributed by atoms with Crippen molar-refractivity contribution in [1.82, 2.24) is 0 Å². The Morgan fingerprint density at radius 3 is 2.75 bits per heavy atom. The molecule has 0 aromatic heterocycles. The van der Waals surface area contributed by atoms with Crippen LogP contribution in [-0.2, 0) is 6.61 Å². The Hall–Kier alpha value is -2.36. The van der Waals surface area contributed by atoms with E-state index in [1.54, 1.807) is 24.3 Å². The summed E-state index contributed by atoms with van der Waals surface area (Å²) in [6.07, 6.45) is 0. The maximum absolute atomic E-state index is 9.54. The lowest BCUT2D eigenvalue weighted by atomic mass is 10.2. The fourth-order valence-electron chi connectivity index (χ4n) is 1.76. The third kappa shape index (κ3) is 3.35. The van der Waals surface area contributed by atoms with Gasteiger partial charge in [0.25, 0.3) is 0 Å². The highest BCUT2D eigenvalue weighted by molar-refractivity contribution is 5.42. The Bertz CT molecular complexity index is 566. The number of benzene rings is 2. The molecule has 105 valence electrons. The molecule has 1 radical (unpaired) electrons. The molecule has 0 heterocycles. The van der Waals surface area contributed by atoms with Crippen LogP contribution in [0.2, 0.25) is 0 Å². The van der Waals surface area contributed by atoms with E-state index in [0.29, 0.717) is 30.5 Å². The van der Waals surface area contributed by atoms with Crippen molar-refractivity contribution in [3.05, 3.63) is 48.0 Å². The summed E-state index contributed by atoms with van der Waals surface area (Å²) in [6.45, 7) is 2.83. The third-order valence-corrected chi connectivity index (χ3v) is 2.71. The molecule has 0 fully saturated rings. The number of methoxy groups -OCH3 is 1. The average Bonchev–Trinajstić information content (AvgIpc) is 2.48. The smallest absolute Gasteiger partial charge is 0.169 e. The highest BCUT2D eigenvalue weighted by atomic mass is 16.5. The van der Waals surface area contributed by atoms with Crippen molar-refractivity contribution in [3.63, 3.8) is 0 Å². The predicted molar refractivity (Wildman–Crippen MR) is 75.4 cm³/mol. The zero-order valence-corrected chi connectivity index (χ0v) is 11.6. The quantitative estimate of drug-likeness (QED) is 0.878. The van der Waals surface area contributed by atoms with E-state index in [0.717, 1.165) is 5.56 Å². The predicted octanol–water partition coefficient (Wildman–Crippen LogP) is 3.18. The fraction of sp³-hybridized carbons (Fsp3) is 0.250. The first kappa shape index (κ1) is 14.1. The Labute approximate surface area is 118 Å². The maximum Gasteiger partial charge on any atom is 0.169 e. The molecular formula is C16H17O4. The summed E-state index contributed by atoms with van der Waals surface area (Å²) in [6, 6.07) is 13.6. The molecule has 0 aliphatic rings. The molecule has 2 rings (SSSR count). The van der Waals surface area contributed by atoms with Crippen molar-refractivity contribution in [2.75, 3.05) is 13.7 Å². The minimum Gasteiger partial charge on any atom is -0.504 e. The third-order valence-electron chi connectivity index (χ3n) is 2.71. The summed E-state index contributed by atoms with van der Waals surface area (Å²) in [5.74, 6) is 1.77. The van der Waals surface area contributed by atoms with Crippen LogP contribution in [0.5, 0.6) is 23.0 Å². The van der Waals surface area contributed by atoms with Crippen LogP contribution < -0.4 is 14.2 Å². The number of rotatable bonds is 6. The number of phenols is 1. The van der Waals surface area contributed by atoms with Gasteiger partial charge in [0.2, 0.25) is 0 Å². The molecule has 0 saturated carbocycles. The number of phenolic OH excluding ortho intramolecular Hbond substituents is 1. The second-order valence-electron chi connectivity index (χ2n) is 4.09. The van der Waals surface area contributed by atoms with E-state index in [4.69, 9.17) is 14.2 Å². The van der Waals surface area contributed by atoms with Gasteiger partial charge in [-0.3, -0.25) is 0 Å². The van der Waals surface area contributed by atoms with Crippen LogP contribution in [0, 0.1) is 6.07 Å². The van der Waals surface area contributed by atoms with Gasteiger partial charge < -0.3 is 19.3 Å². The summed E-state index contributed by atoms with van der Waals surface area (Å²) < 4.78 is 16.2. The van der Waals surface area contributed by atoms with Gasteiger partial charge in [0, 0.05) is 6.07 Å². The Morgan fingerprint density at radius 2 is 2.00 bits per heavy atom. The van der Waals surface area contributed by atoms with Crippen LogP contribution in [0.1, 0.15) is 12.5 Å². The zero-order valence-electron chi connectivity index (χ0n) is 11.6. The molecule has 0 bridgehead atoms. The van der Waals surface area contributed by atoms with E-state index in [9.17, 15) is 5.11 Å². The highest BCUT2D eigenvalue weighted by Gasteiger charge is 2.06. The molecule has 0 spiro atoms. The number of ether oxygens (including phenoxy) is 3. The molecule has 2 aromatic carbocycles. The zero-order chi connectivity index (χ0) is 14.4. The first-order chi connectivity index (χ1) is 9.74. The van der Waals surface area contributed by atoms with Crippen molar-refractivity contribution in [2.24, 2.45) is 0 Å². The monoisotopic (exact) mass is 273 g/mol. The molecule has 2 aromatic rings. The van der Waals surface area contributed by atoms with E-state index in [1.165, 1.54) is 7.11 Å². The van der Waals surface area contributed by atoms with Gasteiger partial charge in [0.05, 0.1) is 13.7 Å². The van der Waals surface area contributed by atoms with Crippen LogP contribution in [0.3, 0.4) is 0 Å². The Morgan fingerprint density at radius 1 is 1.15 bits per heavy atom. The van der Waals surface area contributed by atoms with Gasteiger partial charge in [0.1, 0.15) is 6.61 Å². The lowest BCUT2D eigenvalue weighted by molar-refractivity contribution is 0.268. The molecule has 4 nitrogen and oxygen atoms in total. The first-order valence-electron chi connectivity index (χ1n) is 6.36. The van der Waals surface area contributed by atoms with E-state index < -0.39 is 0 Å². The van der Waals surface area contributed by atoms with Gasteiger partial charge in [-0.05, 0) is 30.7 Å². The largest absolute Gasteiger partial charge is 0.504 e. The van der Waals surface area contributed by atoms with Crippen molar-refractivity contribution in [1.29, 1.82) is 0 Å². The summed E-state index contributed by atoms with van der Waals surface area (Å²) in [7, 11) is 1.51. The molecule has 0 aliphatic heterocycles. The molecule has 0 aliphatic carbocycles. The average molecular weight is 273 g/mol. The van der Waals surface area contributed by atoms with Crippen LogP contribution in [0.25, 0.3) is 0 Å². The van der Waals surface area contributed by atoms with Gasteiger partial charge in [0.15, 0.2) is 23.0 Å².